The molecule has 0 aliphatic carbocycles. The average molecular weight is 296 g/mol. The van der Waals surface area contributed by atoms with E-state index in [9.17, 15) is 5.11 Å². The molecule has 3 rings (SSSR count). The third-order valence-electron chi connectivity index (χ3n) is 3.61. The van der Waals surface area contributed by atoms with Gasteiger partial charge in [-0.05, 0) is 30.7 Å². The monoisotopic (exact) mass is 296 g/mol. The zero-order valence-electron chi connectivity index (χ0n) is 12.5. The number of aliphatic hydroxyl groups is 1. The van der Waals surface area contributed by atoms with Crippen LogP contribution in [0.3, 0.4) is 0 Å². The number of benzene rings is 2. The molecule has 2 aromatic carbocycles. The van der Waals surface area contributed by atoms with Crippen molar-refractivity contribution in [2.45, 2.75) is 19.4 Å². The Kier molecular flexibility index (Phi) is 4.71. The molecule has 0 saturated carbocycles. The van der Waals surface area contributed by atoms with Gasteiger partial charge in [0.25, 0.3) is 0 Å². The summed E-state index contributed by atoms with van der Waals surface area (Å²) >= 11 is 0. The first-order valence-corrected chi connectivity index (χ1v) is 7.61. The number of rotatable bonds is 7. The zero-order chi connectivity index (χ0) is 15.2. The number of fused-ring (bicyclic) bond motifs is 1. The number of nitrogens with zero attached hydrogens (tertiary/aromatic N) is 2. The van der Waals surface area contributed by atoms with Crippen LogP contribution in [0.4, 0.5) is 0 Å². The van der Waals surface area contributed by atoms with Gasteiger partial charge in [-0.25, -0.2) is 4.98 Å². The molecule has 22 heavy (non-hydrogen) atoms. The highest BCUT2D eigenvalue weighted by atomic mass is 16.5. The van der Waals surface area contributed by atoms with Crippen molar-refractivity contribution in [1.29, 1.82) is 0 Å². The molecule has 0 unspecified atom stereocenters. The Morgan fingerprint density at radius 3 is 2.59 bits per heavy atom. The van der Waals surface area contributed by atoms with Crippen LogP contribution in [0.15, 0.2) is 54.6 Å². The molecule has 1 aromatic heterocycles. The lowest BCUT2D eigenvalue weighted by Gasteiger charge is -2.08. The molecule has 4 heteroatoms. The summed E-state index contributed by atoms with van der Waals surface area (Å²) in [6, 6.07) is 17.9. The van der Waals surface area contributed by atoms with Gasteiger partial charge < -0.3 is 14.4 Å². The first kappa shape index (κ1) is 14.6. The molecule has 0 saturated heterocycles. The molecule has 3 aromatic rings. The van der Waals surface area contributed by atoms with Crippen LogP contribution in [0.2, 0.25) is 0 Å². The van der Waals surface area contributed by atoms with Crippen molar-refractivity contribution < 1.29 is 9.84 Å². The molecule has 0 radical (unpaired) electrons. The Morgan fingerprint density at radius 2 is 1.77 bits per heavy atom. The summed E-state index contributed by atoms with van der Waals surface area (Å²) in [5.74, 6) is 1.90. The third kappa shape index (κ3) is 3.28. The molecule has 0 bridgehead atoms. The Labute approximate surface area is 130 Å². The quantitative estimate of drug-likeness (QED) is 0.682. The average Bonchev–Trinajstić information content (AvgIpc) is 2.91. The van der Waals surface area contributed by atoms with Crippen LogP contribution in [0.25, 0.3) is 11.0 Å². The molecule has 0 spiro atoms. The van der Waals surface area contributed by atoms with Gasteiger partial charge in [0.15, 0.2) is 0 Å². The minimum Gasteiger partial charge on any atom is -0.494 e. The molecule has 0 aliphatic rings. The van der Waals surface area contributed by atoms with Gasteiger partial charge in [-0.1, -0.05) is 30.3 Å². The molecular weight excluding hydrogens is 276 g/mol. The van der Waals surface area contributed by atoms with Crippen molar-refractivity contribution in [3.8, 4) is 5.75 Å². The largest absolute Gasteiger partial charge is 0.494 e. The first-order valence-electron chi connectivity index (χ1n) is 7.61. The summed E-state index contributed by atoms with van der Waals surface area (Å²) < 4.78 is 7.81. The van der Waals surface area contributed by atoms with E-state index in [4.69, 9.17) is 4.74 Å². The highest BCUT2D eigenvalue weighted by Gasteiger charge is 2.09. The normalized spacial score (nSPS) is 11.0. The van der Waals surface area contributed by atoms with Crippen LogP contribution in [0.5, 0.6) is 5.75 Å². The maximum Gasteiger partial charge on any atom is 0.119 e. The van der Waals surface area contributed by atoms with Crippen molar-refractivity contribution in [2.75, 3.05) is 13.2 Å². The third-order valence-corrected chi connectivity index (χ3v) is 3.61. The van der Waals surface area contributed by atoms with Gasteiger partial charge >= 0.3 is 0 Å². The minimum atomic E-state index is 0.119. The molecule has 1 heterocycles. The van der Waals surface area contributed by atoms with Gasteiger partial charge in [-0.3, -0.25) is 0 Å². The van der Waals surface area contributed by atoms with Gasteiger partial charge in [0.1, 0.15) is 11.6 Å². The molecule has 0 atom stereocenters. The number of para-hydroxylation sites is 3. The van der Waals surface area contributed by atoms with Crippen LogP contribution < -0.4 is 4.74 Å². The molecular formula is C18H20N2O2. The fraction of sp³-hybridized carbons (Fsp3) is 0.278. The van der Waals surface area contributed by atoms with Crippen LogP contribution in [0, 0.1) is 0 Å². The summed E-state index contributed by atoms with van der Waals surface area (Å²) in [6.45, 7) is 1.36. The van der Waals surface area contributed by atoms with Gasteiger partial charge in [-0.2, -0.15) is 0 Å². The number of hydrogen-bond donors (Lipinski definition) is 1. The molecule has 4 nitrogen and oxygen atoms in total. The van der Waals surface area contributed by atoms with Gasteiger partial charge in [0.05, 0.1) is 24.2 Å². The molecule has 0 fully saturated rings. The summed E-state index contributed by atoms with van der Waals surface area (Å²) in [5.41, 5.74) is 2.06. The predicted octanol–water partition coefficient (Wildman–Crippen LogP) is 3.04. The second-order valence-corrected chi connectivity index (χ2v) is 5.16. The van der Waals surface area contributed by atoms with E-state index in [-0.39, 0.29) is 6.61 Å². The topological polar surface area (TPSA) is 47.3 Å². The molecule has 114 valence electrons. The van der Waals surface area contributed by atoms with Gasteiger partial charge in [-0.15, -0.1) is 0 Å². The van der Waals surface area contributed by atoms with Crippen LogP contribution in [-0.2, 0) is 13.0 Å². The molecule has 0 aliphatic heterocycles. The number of hydrogen-bond acceptors (Lipinski definition) is 3. The Balaban J connectivity index is 1.64. The van der Waals surface area contributed by atoms with Crippen molar-refractivity contribution in [2.24, 2.45) is 0 Å². The first-order chi connectivity index (χ1) is 10.9. The number of aromatic nitrogens is 2. The van der Waals surface area contributed by atoms with Gasteiger partial charge in [0, 0.05) is 13.0 Å². The van der Waals surface area contributed by atoms with E-state index in [1.54, 1.807) is 0 Å². The SMILES string of the molecule is OCCn1c(CCCOc2ccccc2)nc2ccccc21. The summed E-state index contributed by atoms with van der Waals surface area (Å²) in [7, 11) is 0. The van der Waals surface area contributed by atoms with Crippen molar-refractivity contribution in [3.05, 3.63) is 60.4 Å². The lowest BCUT2D eigenvalue weighted by atomic mass is 10.3. The Morgan fingerprint density at radius 1 is 1.00 bits per heavy atom. The number of aryl methyl sites for hydroxylation is 1. The smallest absolute Gasteiger partial charge is 0.119 e. The maximum absolute atomic E-state index is 9.27. The molecule has 0 amide bonds. The highest BCUT2D eigenvalue weighted by Crippen LogP contribution is 2.17. The number of imidazole rings is 1. The lowest BCUT2D eigenvalue weighted by molar-refractivity contribution is 0.274. The van der Waals surface area contributed by atoms with Crippen LogP contribution in [-0.4, -0.2) is 27.9 Å². The second-order valence-electron chi connectivity index (χ2n) is 5.16. The van der Waals surface area contributed by atoms with Crippen molar-refractivity contribution in [1.82, 2.24) is 9.55 Å². The van der Waals surface area contributed by atoms with Crippen LogP contribution in [0.1, 0.15) is 12.2 Å². The second kappa shape index (κ2) is 7.09. The van der Waals surface area contributed by atoms with Crippen molar-refractivity contribution >= 4 is 11.0 Å². The molecule has 1 N–H and O–H groups in total. The fourth-order valence-corrected chi connectivity index (χ4v) is 2.60. The lowest BCUT2D eigenvalue weighted by Crippen LogP contribution is -2.08. The van der Waals surface area contributed by atoms with E-state index < -0.39 is 0 Å². The maximum atomic E-state index is 9.27. The Hall–Kier alpha value is -2.33. The van der Waals surface area contributed by atoms with E-state index in [0.29, 0.717) is 13.2 Å². The minimum absolute atomic E-state index is 0.119. The van der Waals surface area contributed by atoms with Gasteiger partial charge in [0.2, 0.25) is 0 Å². The Bertz CT molecular complexity index is 722. The zero-order valence-corrected chi connectivity index (χ0v) is 12.5. The summed E-state index contributed by atoms with van der Waals surface area (Å²) in [4.78, 5) is 4.67. The van der Waals surface area contributed by atoms with E-state index >= 15 is 0 Å². The number of ether oxygens (including phenoxy) is 1. The predicted molar refractivity (Wildman–Crippen MR) is 87.1 cm³/mol. The summed E-state index contributed by atoms with van der Waals surface area (Å²) in [5, 5.41) is 9.27. The van der Waals surface area contributed by atoms with E-state index in [1.807, 2.05) is 54.6 Å². The number of aliphatic hydroxyl groups excluding tert-OH is 1. The standard InChI is InChI=1S/C18H20N2O2/c21-13-12-20-17-10-5-4-9-16(17)19-18(20)11-6-14-22-15-7-2-1-3-8-15/h1-5,7-10,21H,6,11-14H2. The fourth-order valence-electron chi connectivity index (χ4n) is 2.60. The van der Waals surface area contributed by atoms with E-state index in [0.717, 1.165) is 35.4 Å². The van der Waals surface area contributed by atoms with Crippen molar-refractivity contribution in [3.63, 3.8) is 0 Å². The van der Waals surface area contributed by atoms with E-state index in [2.05, 4.69) is 9.55 Å². The summed E-state index contributed by atoms with van der Waals surface area (Å²) in [6.07, 6.45) is 1.73. The van der Waals surface area contributed by atoms with Crippen LogP contribution >= 0.6 is 0 Å². The highest BCUT2D eigenvalue weighted by molar-refractivity contribution is 5.75. The van der Waals surface area contributed by atoms with E-state index in [1.165, 1.54) is 0 Å².